The SMILES string of the molecule is CC1CN(c2nc[nH]c(=O)c2I)CC(C)S1. The largest absolute Gasteiger partial charge is 0.353 e. The van der Waals surface area contributed by atoms with Gasteiger partial charge in [-0.25, -0.2) is 4.98 Å². The number of aromatic nitrogens is 2. The van der Waals surface area contributed by atoms with Gasteiger partial charge in [0.1, 0.15) is 9.39 Å². The number of hydrogen-bond donors (Lipinski definition) is 1. The Bertz CT molecular complexity index is 426. The number of rotatable bonds is 1. The maximum absolute atomic E-state index is 11.5. The van der Waals surface area contributed by atoms with E-state index in [-0.39, 0.29) is 5.56 Å². The molecule has 6 heteroatoms. The molecule has 2 unspecified atom stereocenters. The van der Waals surface area contributed by atoms with Crippen molar-refractivity contribution in [3.05, 3.63) is 20.3 Å². The zero-order chi connectivity index (χ0) is 11.7. The molecule has 1 aliphatic heterocycles. The molecule has 1 N–H and O–H groups in total. The van der Waals surface area contributed by atoms with Crippen LogP contribution in [0.1, 0.15) is 13.8 Å². The van der Waals surface area contributed by atoms with Gasteiger partial charge >= 0.3 is 0 Å². The quantitative estimate of drug-likeness (QED) is 0.783. The summed E-state index contributed by atoms with van der Waals surface area (Å²) in [6.45, 7) is 6.35. The number of H-pyrrole nitrogens is 1. The first-order chi connectivity index (χ1) is 7.58. The molecule has 0 aliphatic carbocycles. The summed E-state index contributed by atoms with van der Waals surface area (Å²) < 4.78 is 0.686. The molecule has 2 rings (SSSR count). The predicted octanol–water partition coefficient (Wildman–Crippen LogP) is 1.70. The van der Waals surface area contributed by atoms with Gasteiger partial charge in [0.25, 0.3) is 5.56 Å². The van der Waals surface area contributed by atoms with Crippen molar-refractivity contribution in [2.24, 2.45) is 0 Å². The van der Waals surface area contributed by atoms with Crippen LogP contribution in [0.2, 0.25) is 0 Å². The van der Waals surface area contributed by atoms with E-state index < -0.39 is 0 Å². The lowest BCUT2D eigenvalue weighted by molar-refractivity contribution is 0.714. The lowest BCUT2D eigenvalue weighted by Crippen LogP contribution is -2.42. The fraction of sp³-hybridized carbons (Fsp3) is 0.600. The second-order valence-corrected chi connectivity index (χ2v) is 6.99. The third-order valence-electron chi connectivity index (χ3n) is 2.50. The van der Waals surface area contributed by atoms with Gasteiger partial charge in [-0.1, -0.05) is 13.8 Å². The van der Waals surface area contributed by atoms with E-state index in [1.807, 2.05) is 11.8 Å². The van der Waals surface area contributed by atoms with Gasteiger partial charge in [-0.3, -0.25) is 4.79 Å². The number of anilines is 1. The second kappa shape index (κ2) is 4.95. The molecule has 0 spiro atoms. The van der Waals surface area contributed by atoms with Crippen molar-refractivity contribution in [3.8, 4) is 0 Å². The van der Waals surface area contributed by atoms with E-state index >= 15 is 0 Å². The number of thioether (sulfide) groups is 1. The molecule has 1 aromatic heterocycles. The van der Waals surface area contributed by atoms with Crippen LogP contribution in [0.4, 0.5) is 5.82 Å². The number of halogens is 1. The van der Waals surface area contributed by atoms with Crippen LogP contribution >= 0.6 is 34.4 Å². The molecule has 2 atom stereocenters. The molecule has 0 saturated carbocycles. The van der Waals surface area contributed by atoms with E-state index in [9.17, 15) is 4.79 Å². The summed E-state index contributed by atoms with van der Waals surface area (Å²) in [5.74, 6) is 0.823. The summed E-state index contributed by atoms with van der Waals surface area (Å²) in [6.07, 6.45) is 1.48. The second-order valence-electron chi connectivity index (χ2n) is 4.03. The summed E-state index contributed by atoms with van der Waals surface area (Å²) in [4.78, 5) is 20.6. The smallest absolute Gasteiger partial charge is 0.266 e. The van der Waals surface area contributed by atoms with Crippen molar-refractivity contribution in [2.45, 2.75) is 24.3 Å². The predicted molar refractivity (Wildman–Crippen MR) is 76.3 cm³/mol. The first-order valence-corrected chi connectivity index (χ1v) is 7.23. The fourth-order valence-corrected chi connectivity index (χ4v) is 3.91. The summed E-state index contributed by atoms with van der Waals surface area (Å²) in [6, 6.07) is 0. The van der Waals surface area contributed by atoms with Crippen molar-refractivity contribution in [2.75, 3.05) is 18.0 Å². The normalized spacial score (nSPS) is 25.8. The highest BCUT2D eigenvalue weighted by molar-refractivity contribution is 14.1. The molecular weight excluding hydrogens is 337 g/mol. The Labute approximate surface area is 112 Å². The minimum atomic E-state index is -0.0517. The first kappa shape index (κ1) is 12.2. The van der Waals surface area contributed by atoms with Gasteiger partial charge in [0.2, 0.25) is 0 Å². The average Bonchev–Trinajstić information content (AvgIpc) is 2.20. The van der Waals surface area contributed by atoms with Crippen LogP contribution < -0.4 is 10.5 Å². The zero-order valence-corrected chi connectivity index (χ0v) is 12.2. The third-order valence-corrected chi connectivity index (χ3v) is 4.70. The van der Waals surface area contributed by atoms with Crippen molar-refractivity contribution >= 4 is 40.2 Å². The molecule has 4 nitrogen and oxygen atoms in total. The maximum Gasteiger partial charge on any atom is 0.266 e. The van der Waals surface area contributed by atoms with Gasteiger partial charge in [-0.2, -0.15) is 11.8 Å². The molecule has 1 saturated heterocycles. The highest BCUT2D eigenvalue weighted by atomic mass is 127. The Hall–Kier alpha value is -0.240. The zero-order valence-electron chi connectivity index (χ0n) is 9.24. The highest BCUT2D eigenvalue weighted by Gasteiger charge is 2.25. The topological polar surface area (TPSA) is 49.0 Å². The van der Waals surface area contributed by atoms with Crippen LogP contribution in [0.5, 0.6) is 0 Å². The Morgan fingerprint density at radius 3 is 2.75 bits per heavy atom. The van der Waals surface area contributed by atoms with Gasteiger partial charge in [0, 0.05) is 23.6 Å². The Morgan fingerprint density at radius 2 is 2.12 bits per heavy atom. The average molecular weight is 351 g/mol. The molecule has 0 aromatic carbocycles. The van der Waals surface area contributed by atoms with E-state index in [4.69, 9.17) is 0 Å². The molecule has 16 heavy (non-hydrogen) atoms. The van der Waals surface area contributed by atoms with E-state index in [0.29, 0.717) is 14.1 Å². The molecule has 1 aromatic rings. The van der Waals surface area contributed by atoms with Crippen molar-refractivity contribution in [3.63, 3.8) is 0 Å². The van der Waals surface area contributed by atoms with E-state index in [2.05, 4.69) is 51.3 Å². The summed E-state index contributed by atoms with van der Waals surface area (Å²) >= 11 is 4.06. The summed E-state index contributed by atoms with van der Waals surface area (Å²) in [5.41, 5.74) is -0.0517. The molecule has 1 fully saturated rings. The number of hydrogen-bond acceptors (Lipinski definition) is 4. The molecule has 1 aliphatic rings. The molecule has 88 valence electrons. The van der Waals surface area contributed by atoms with Gasteiger partial charge in [-0.05, 0) is 22.6 Å². The van der Waals surface area contributed by atoms with Crippen molar-refractivity contribution < 1.29 is 0 Å². The van der Waals surface area contributed by atoms with Gasteiger partial charge in [0.05, 0.1) is 6.33 Å². The van der Waals surface area contributed by atoms with Crippen LogP contribution in [0.3, 0.4) is 0 Å². The maximum atomic E-state index is 11.5. The number of nitrogens with zero attached hydrogens (tertiary/aromatic N) is 2. The molecule has 0 bridgehead atoms. The van der Waals surface area contributed by atoms with E-state index in [0.717, 1.165) is 18.9 Å². The highest BCUT2D eigenvalue weighted by Crippen LogP contribution is 2.28. The molecule has 0 radical (unpaired) electrons. The minimum absolute atomic E-state index is 0.0517. The van der Waals surface area contributed by atoms with Crippen LogP contribution in [0.15, 0.2) is 11.1 Å². The van der Waals surface area contributed by atoms with Gasteiger partial charge in [-0.15, -0.1) is 0 Å². The van der Waals surface area contributed by atoms with Crippen LogP contribution in [-0.4, -0.2) is 33.6 Å². The number of nitrogens with one attached hydrogen (secondary N) is 1. The molecule has 2 heterocycles. The van der Waals surface area contributed by atoms with Crippen LogP contribution in [0.25, 0.3) is 0 Å². The van der Waals surface area contributed by atoms with Crippen LogP contribution in [0, 0.1) is 3.57 Å². The van der Waals surface area contributed by atoms with E-state index in [1.54, 1.807) is 0 Å². The van der Waals surface area contributed by atoms with Crippen molar-refractivity contribution in [1.29, 1.82) is 0 Å². The third kappa shape index (κ3) is 2.53. The monoisotopic (exact) mass is 351 g/mol. The Kier molecular flexibility index (Phi) is 3.78. The standard InChI is InChI=1S/C10H14IN3OS/c1-6-3-14(4-7(2)16-6)9-8(11)10(15)13-5-12-9/h5-7H,3-4H2,1-2H3,(H,12,13,15). The summed E-state index contributed by atoms with van der Waals surface area (Å²) in [7, 11) is 0. The molecular formula is C10H14IN3OS. The Morgan fingerprint density at radius 1 is 1.50 bits per heavy atom. The number of aromatic amines is 1. The fourth-order valence-electron chi connectivity index (χ4n) is 1.94. The van der Waals surface area contributed by atoms with Gasteiger partial charge < -0.3 is 9.88 Å². The van der Waals surface area contributed by atoms with Gasteiger partial charge in [0.15, 0.2) is 0 Å². The lowest BCUT2D eigenvalue weighted by Gasteiger charge is -2.35. The van der Waals surface area contributed by atoms with Crippen molar-refractivity contribution in [1.82, 2.24) is 9.97 Å². The molecule has 0 amide bonds. The summed E-state index contributed by atoms with van der Waals surface area (Å²) in [5, 5.41) is 1.17. The van der Waals surface area contributed by atoms with E-state index in [1.165, 1.54) is 6.33 Å². The first-order valence-electron chi connectivity index (χ1n) is 5.21. The lowest BCUT2D eigenvalue weighted by atomic mass is 10.3. The minimum Gasteiger partial charge on any atom is -0.353 e. The Balaban J connectivity index is 2.30. The van der Waals surface area contributed by atoms with Crippen LogP contribution in [-0.2, 0) is 0 Å².